The number of carbonyl (C=O) groups excluding carboxylic acids is 2. The number of rotatable bonds is 6. The van der Waals surface area contributed by atoms with E-state index in [1.54, 1.807) is 12.1 Å². The van der Waals surface area contributed by atoms with E-state index >= 15 is 0 Å². The average molecular weight is 431 g/mol. The van der Waals surface area contributed by atoms with E-state index in [4.69, 9.17) is 0 Å². The van der Waals surface area contributed by atoms with Crippen LogP contribution in [-0.4, -0.2) is 28.8 Å². The molecule has 4 rings (SSSR count). The molecule has 0 unspecified atom stereocenters. The Morgan fingerprint density at radius 1 is 1.07 bits per heavy atom. The number of halogens is 2. The van der Waals surface area contributed by atoms with Crippen molar-refractivity contribution >= 4 is 27.7 Å². The van der Waals surface area contributed by atoms with Crippen LogP contribution in [0.15, 0.2) is 46.9 Å². The molecule has 4 nitrogen and oxygen atoms in total. The first-order chi connectivity index (χ1) is 13.0. The van der Waals surface area contributed by atoms with Crippen molar-refractivity contribution in [1.29, 1.82) is 0 Å². The lowest BCUT2D eigenvalue weighted by Gasteiger charge is -2.23. The minimum Gasteiger partial charge on any atom is -0.349 e. The molecule has 2 amide bonds. The highest BCUT2D eigenvalue weighted by Crippen LogP contribution is 2.31. The minimum absolute atomic E-state index is 0.0468. The Bertz CT molecular complexity index is 876. The molecule has 2 aromatic carbocycles. The summed E-state index contributed by atoms with van der Waals surface area (Å²) in [5.74, 6) is -0.536. The zero-order valence-corrected chi connectivity index (χ0v) is 16.3. The predicted molar refractivity (Wildman–Crippen MR) is 104 cm³/mol. The first kappa shape index (κ1) is 18.2. The molecule has 140 valence electrons. The summed E-state index contributed by atoms with van der Waals surface area (Å²) >= 11 is 3.29. The Hall–Kier alpha value is -2.21. The first-order valence-corrected chi connectivity index (χ1v) is 9.96. The Labute approximate surface area is 165 Å². The third-order valence-electron chi connectivity index (χ3n) is 4.89. The molecule has 0 atom stereocenters. The van der Waals surface area contributed by atoms with Gasteiger partial charge in [0, 0.05) is 28.7 Å². The Kier molecular flexibility index (Phi) is 5.00. The summed E-state index contributed by atoms with van der Waals surface area (Å²) in [5, 5.41) is 2.97. The van der Waals surface area contributed by atoms with E-state index in [0.717, 1.165) is 31.2 Å². The standard InChI is InChI=1S/C21H20BrFN2O2/c22-19-11-15(23)5-10-18(19)21(27)25(17-8-9-17)12-13-1-3-14(4-2-13)20(26)24-16-6-7-16/h1-5,10-11,16-17H,6-9,12H2,(H,24,26). The van der Waals surface area contributed by atoms with Gasteiger partial charge in [-0.25, -0.2) is 4.39 Å². The number of carbonyl (C=O) groups is 2. The average Bonchev–Trinajstić information content (AvgIpc) is 3.54. The fraction of sp³-hybridized carbons (Fsp3) is 0.333. The van der Waals surface area contributed by atoms with Crippen molar-refractivity contribution in [3.8, 4) is 0 Å². The number of amides is 2. The van der Waals surface area contributed by atoms with Crippen LogP contribution in [0, 0.1) is 5.82 Å². The van der Waals surface area contributed by atoms with E-state index in [-0.39, 0.29) is 23.7 Å². The van der Waals surface area contributed by atoms with Gasteiger partial charge in [0.05, 0.1) is 5.56 Å². The normalized spacial score (nSPS) is 16.1. The van der Waals surface area contributed by atoms with Gasteiger partial charge in [-0.3, -0.25) is 9.59 Å². The lowest BCUT2D eigenvalue weighted by Crippen LogP contribution is -2.33. The quantitative estimate of drug-likeness (QED) is 0.742. The SMILES string of the molecule is O=C(NC1CC1)c1ccc(CN(C(=O)c2ccc(F)cc2Br)C2CC2)cc1. The number of benzene rings is 2. The van der Waals surface area contributed by atoms with Crippen LogP contribution in [0.3, 0.4) is 0 Å². The molecule has 2 aliphatic rings. The topological polar surface area (TPSA) is 49.4 Å². The summed E-state index contributed by atoms with van der Waals surface area (Å²) in [6.45, 7) is 0.470. The van der Waals surface area contributed by atoms with Gasteiger partial charge in [-0.1, -0.05) is 12.1 Å². The second-order valence-electron chi connectivity index (χ2n) is 7.23. The molecule has 0 aromatic heterocycles. The van der Waals surface area contributed by atoms with Crippen LogP contribution in [0.4, 0.5) is 4.39 Å². The van der Waals surface area contributed by atoms with Gasteiger partial charge in [0.25, 0.3) is 11.8 Å². The monoisotopic (exact) mass is 430 g/mol. The van der Waals surface area contributed by atoms with Gasteiger partial charge in [0.15, 0.2) is 0 Å². The molecule has 0 radical (unpaired) electrons. The van der Waals surface area contributed by atoms with E-state index in [9.17, 15) is 14.0 Å². The van der Waals surface area contributed by atoms with Crippen LogP contribution >= 0.6 is 15.9 Å². The van der Waals surface area contributed by atoms with Crippen LogP contribution in [0.5, 0.6) is 0 Å². The molecule has 27 heavy (non-hydrogen) atoms. The molecule has 2 saturated carbocycles. The van der Waals surface area contributed by atoms with Crippen LogP contribution in [0.2, 0.25) is 0 Å². The van der Waals surface area contributed by atoms with Crippen molar-refractivity contribution in [3.05, 3.63) is 69.4 Å². The van der Waals surface area contributed by atoms with Crippen molar-refractivity contribution in [2.24, 2.45) is 0 Å². The van der Waals surface area contributed by atoms with Crippen molar-refractivity contribution in [2.45, 2.75) is 44.3 Å². The maximum atomic E-state index is 13.3. The summed E-state index contributed by atoms with van der Waals surface area (Å²) < 4.78 is 13.8. The van der Waals surface area contributed by atoms with Crippen molar-refractivity contribution < 1.29 is 14.0 Å². The van der Waals surface area contributed by atoms with Gasteiger partial charge in [0.2, 0.25) is 0 Å². The zero-order valence-electron chi connectivity index (χ0n) is 14.8. The summed E-state index contributed by atoms with van der Waals surface area (Å²) in [7, 11) is 0. The molecular formula is C21H20BrFN2O2. The fourth-order valence-electron chi connectivity index (χ4n) is 3.03. The third-order valence-corrected chi connectivity index (χ3v) is 5.55. The molecule has 0 bridgehead atoms. The summed E-state index contributed by atoms with van der Waals surface area (Å²) in [6.07, 6.45) is 4.07. The first-order valence-electron chi connectivity index (χ1n) is 9.17. The zero-order chi connectivity index (χ0) is 19.0. The van der Waals surface area contributed by atoms with Crippen molar-refractivity contribution in [3.63, 3.8) is 0 Å². The Balaban J connectivity index is 1.48. The lowest BCUT2D eigenvalue weighted by molar-refractivity contribution is 0.0728. The maximum Gasteiger partial charge on any atom is 0.255 e. The van der Waals surface area contributed by atoms with Gasteiger partial charge in [-0.05, 0) is 77.5 Å². The largest absolute Gasteiger partial charge is 0.349 e. The molecule has 2 fully saturated rings. The predicted octanol–water partition coefficient (Wildman–Crippen LogP) is 4.29. The molecular weight excluding hydrogens is 411 g/mol. The molecule has 6 heteroatoms. The third kappa shape index (κ3) is 4.38. The molecule has 0 aliphatic heterocycles. The number of nitrogens with zero attached hydrogens (tertiary/aromatic N) is 1. The molecule has 0 spiro atoms. The van der Waals surface area contributed by atoms with E-state index in [2.05, 4.69) is 21.2 Å². The van der Waals surface area contributed by atoms with Crippen LogP contribution in [-0.2, 0) is 6.54 Å². The van der Waals surface area contributed by atoms with E-state index < -0.39 is 0 Å². The lowest BCUT2D eigenvalue weighted by atomic mass is 10.1. The molecule has 1 N–H and O–H groups in total. The van der Waals surface area contributed by atoms with Crippen LogP contribution in [0.1, 0.15) is 52.0 Å². The summed E-state index contributed by atoms with van der Waals surface area (Å²) in [6, 6.07) is 12.1. The van der Waals surface area contributed by atoms with Gasteiger partial charge in [0.1, 0.15) is 5.82 Å². The molecule has 2 aromatic rings. The molecule has 0 saturated heterocycles. The van der Waals surface area contributed by atoms with E-state index in [0.29, 0.717) is 28.2 Å². The van der Waals surface area contributed by atoms with Crippen molar-refractivity contribution in [2.75, 3.05) is 0 Å². The fourth-order valence-corrected chi connectivity index (χ4v) is 3.55. The van der Waals surface area contributed by atoms with Crippen molar-refractivity contribution in [1.82, 2.24) is 10.2 Å². The smallest absolute Gasteiger partial charge is 0.255 e. The molecule has 0 heterocycles. The van der Waals surface area contributed by atoms with E-state index in [1.807, 2.05) is 17.0 Å². The second kappa shape index (κ2) is 7.43. The van der Waals surface area contributed by atoms with Gasteiger partial charge in [-0.2, -0.15) is 0 Å². The number of hydrogen-bond donors (Lipinski definition) is 1. The molecule has 2 aliphatic carbocycles. The summed E-state index contributed by atoms with van der Waals surface area (Å²) in [5.41, 5.74) is 2.07. The number of nitrogens with one attached hydrogen (secondary N) is 1. The van der Waals surface area contributed by atoms with Gasteiger partial charge < -0.3 is 10.2 Å². The van der Waals surface area contributed by atoms with Crippen LogP contribution in [0.25, 0.3) is 0 Å². The van der Waals surface area contributed by atoms with Gasteiger partial charge >= 0.3 is 0 Å². The van der Waals surface area contributed by atoms with E-state index in [1.165, 1.54) is 18.2 Å². The Morgan fingerprint density at radius 2 is 1.78 bits per heavy atom. The maximum absolute atomic E-state index is 13.3. The highest BCUT2D eigenvalue weighted by atomic mass is 79.9. The summed E-state index contributed by atoms with van der Waals surface area (Å²) in [4.78, 5) is 26.9. The number of hydrogen-bond acceptors (Lipinski definition) is 2. The highest BCUT2D eigenvalue weighted by molar-refractivity contribution is 9.10. The van der Waals surface area contributed by atoms with Crippen LogP contribution < -0.4 is 5.32 Å². The minimum atomic E-state index is -0.378. The highest BCUT2D eigenvalue weighted by Gasteiger charge is 2.33. The van der Waals surface area contributed by atoms with Gasteiger partial charge in [-0.15, -0.1) is 0 Å². The Morgan fingerprint density at radius 3 is 2.37 bits per heavy atom. The second-order valence-corrected chi connectivity index (χ2v) is 8.09.